The van der Waals surface area contributed by atoms with E-state index in [4.69, 9.17) is 4.74 Å². The monoisotopic (exact) mass is 260 g/mol. The Bertz CT molecular complexity index is 483. The van der Waals surface area contributed by atoms with Crippen molar-refractivity contribution in [1.82, 2.24) is 4.98 Å². The van der Waals surface area contributed by atoms with Crippen LogP contribution in [0, 0.1) is 5.41 Å². The Morgan fingerprint density at radius 2 is 2.32 bits per heavy atom. The predicted molar refractivity (Wildman–Crippen MR) is 73.3 cm³/mol. The van der Waals surface area contributed by atoms with Crippen molar-refractivity contribution in [2.75, 3.05) is 24.6 Å². The first kappa shape index (κ1) is 12.5. The lowest BCUT2D eigenvalue weighted by atomic mass is 9.95. The van der Waals surface area contributed by atoms with Gasteiger partial charge in [-0.3, -0.25) is 0 Å². The molecule has 1 aliphatic carbocycles. The number of esters is 1. The Hall–Kier alpha value is -1.58. The molecule has 1 aliphatic heterocycles. The fourth-order valence-electron chi connectivity index (χ4n) is 2.99. The lowest BCUT2D eigenvalue weighted by Crippen LogP contribution is -2.38. The molecule has 1 saturated heterocycles. The minimum absolute atomic E-state index is 0.263. The van der Waals surface area contributed by atoms with Gasteiger partial charge in [-0.15, -0.1) is 0 Å². The smallest absolute Gasteiger partial charge is 0.341 e. The second-order valence-electron chi connectivity index (χ2n) is 5.62. The summed E-state index contributed by atoms with van der Waals surface area (Å²) in [6.07, 6.45) is 6.92. The number of carbonyl (C=O) groups excluding carboxylic acids is 1. The van der Waals surface area contributed by atoms with Crippen LogP contribution in [-0.4, -0.2) is 30.6 Å². The summed E-state index contributed by atoms with van der Waals surface area (Å²) in [6, 6.07) is 3.61. The first-order valence-electron chi connectivity index (χ1n) is 7.11. The third kappa shape index (κ3) is 2.44. The lowest BCUT2D eigenvalue weighted by Gasteiger charge is -2.34. The zero-order chi connectivity index (χ0) is 13.3. The maximum atomic E-state index is 12.0. The number of hydrogen-bond donors (Lipinski definition) is 0. The van der Waals surface area contributed by atoms with Crippen LogP contribution in [0.15, 0.2) is 18.3 Å². The average molecular weight is 260 g/mol. The van der Waals surface area contributed by atoms with Gasteiger partial charge in [0.1, 0.15) is 11.4 Å². The van der Waals surface area contributed by atoms with Crippen molar-refractivity contribution in [2.24, 2.45) is 5.41 Å². The minimum Gasteiger partial charge on any atom is -0.462 e. The van der Waals surface area contributed by atoms with E-state index >= 15 is 0 Å². The van der Waals surface area contributed by atoms with Crippen LogP contribution in [-0.2, 0) is 4.74 Å². The van der Waals surface area contributed by atoms with E-state index in [1.54, 1.807) is 12.3 Å². The number of anilines is 1. The first-order chi connectivity index (χ1) is 9.24. The number of aromatic nitrogens is 1. The van der Waals surface area contributed by atoms with Gasteiger partial charge in [-0.1, -0.05) is 0 Å². The third-order valence-electron chi connectivity index (χ3n) is 4.20. The van der Waals surface area contributed by atoms with Gasteiger partial charge < -0.3 is 9.64 Å². The predicted octanol–water partition coefficient (Wildman–Crippen LogP) is 2.64. The average Bonchev–Trinajstić information content (AvgIpc) is 3.18. The van der Waals surface area contributed by atoms with Crippen molar-refractivity contribution in [3.8, 4) is 0 Å². The molecular formula is C15H20N2O2. The van der Waals surface area contributed by atoms with Crippen LogP contribution in [0.4, 0.5) is 5.82 Å². The van der Waals surface area contributed by atoms with Gasteiger partial charge in [-0.25, -0.2) is 9.78 Å². The van der Waals surface area contributed by atoms with Crippen LogP contribution < -0.4 is 4.90 Å². The Morgan fingerprint density at radius 3 is 3.05 bits per heavy atom. The molecule has 3 rings (SSSR count). The van der Waals surface area contributed by atoms with Crippen LogP contribution in [0.5, 0.6) is 0 Å². The van der Waals surface area contributed by atoms with Gasteiger partial charge in [0.15, 0.2) is 0 Å². The molecule has 1 saturated carbocycles. The largest absolute Gasteiger partial charge is 0.462 e. The van der Waals surface area contributed by atoms with Gasteiger partial charge in [0.2, 0.25) is 0 Å². The highest BCUT2D eigenvalue weighted by atomic mass is 16.5. The fraction of sp³-hybridized carbons (Fsp3) is 0.600. The number of piperidine rings is 1. The molecule has 102 valence electrons. The van der Waals surface area contributed by atoms with E-state index in [1.165, 1.54) is 25.7 Å². The number of carbonyl (C=O) groups is 1. The Labute approximate surface area is 113 Å². The molecule has 0 amide bonds. The molecule has 4 nitrogen and oxygen atoms in total. The standard InChI is InChI=1S/C15H20N2O2/c1-2-19-14(18)12-5-3-9-16-13(12)17-10-4-6-15(11-17)7-8-15/h3,5,9H,2,4,6-8,10-11H2,1H3. The van der Waals surface area contributed by atoms with Gasteiger partial charge in [-0.2, -0.15) is 0 Å². The number of pyridine rings is 1. The summed E-state index contributed by atoms with van der Waals surface area (Å²) in [4.78, 5) is 18.7. The zero-order valence-corrected chi connectivity index (χ0v) is 11.4. The van der Waals surface area contributed by atoms with Crippen molar-refractivity contribution < 1.29 is 9.53 Å². The molecule has 1 aromatic rings. The van der Waals surface area contributed by atoms with Gasteiger partial charge in [0.25, 0.3) is 0 Å². The van der Waals surface area contributed by atoms with E-state index in [0.29, 0.717) is 17.6 Å². The van der Waals surface area contributed by atoms with Crippen LogP contribution in [0.1, 0.15) is 43.0 Å². The second-order valence-corrected chi connectivity index (χ2v) is 5.62. The lowest BCUT2D eigenvalue weighted by molar-refractivity contribution is 0.0526. The second kappa shape index (κ2) is 4.83. The van der Waals surface area contributed by atoms with Gasteiger partial charge in [0, 0.05) is 19.3 Å². The molecule has 2 aliphatic rings. The SMILES string of the molecule is CCOC(=O)c1cccnc1N1CCCC2(CC2)C1. The fourth-order valence-corrected chi connectivity index (χ4v) is 2.99. The van der Waals surface area contributed by atoms with E-state index in [0.717, 1.165) is 18.9 Å². The molecule has 19 heavy (non-hydrogen) atoms. The number of rotatable bonds is 3. The van der Waals surface area contributed by atoms with Crippen molar-refractivity contribution in [3.63, 3.8) is 0 Å². The van der Waals surface area contributed by atoms with E-state index < -0.39 is 0 Å². The molecule has 0 N–H and O–H groups in total. The molecule has 0 atom stereocenters. The van der Waals surface area contributed by atoms with E-state index in [9.17, 15) is 4.79 Å². The minimum atomic E-state index is -0.263. The summed E-state index contributed by atoms with van der Waals surface area (Å²) in [5, 5.41) is 0. The zero-order valence-electron chi connectivity index (χ0n) is 11.4. The number of hydrogen-bond acceptors (Lipinski definition) is 4. The summed E-state index contributed by atoms with van der Waals surface area (Å²) in [7, 11) is 0. The highest BCUT2D eigenvalue weighted by Gasteiger charge is 2.46. The molecule has 0 bridgehead atoms. The maximum Gasteiger partial charge on any atom is 0.341 e. The molecule has 2 heterocycles. The molecule has 0 radical (unpaired) electrons. The normalized spacial score (nSPS) is 20.4. The Kier molecular flexibility index (Phi) is 3.17. The quantitative estimate of drug-likeness (QED) is 0.784. The molecule has 2 fully saturated rings. The summed E-state index contributed by atoms with van der Waals surface area (Å²) < 4.78 is 5.12. The molecule has 0 aromatic carbocycles. The molecule has 0 unspecified atom stereocenters. The van der Waals surface area contributed by atoms with Crippen LogP contribution >= 0.6 is 0 Å². The van der Waals surface area contributed by atoms with Crippen molar-refractivity contribution >= 4 is 11.8 Å². The molecule has 1 spiro atoms. The number of ether oxygens (including phenoxy) is 1. The van der Waals surface area contributed by atoms with E-state index in [1.807, 2.05) is 13.0 Å². The van der Waals surface area contributed by atoms with Crippen molar-refractivity contribution in [2.45, 2.75) is 32.6 Å². The van der Waals surface area contributed by atoms with Crippen LogP contribution in [0.2, 0.25) is 0 Å². The van der Waals surface area contributed by atoms with Crippen LogP contribution in [0.25, 0.3) is 0 Å². The van der Waals surface area contributed by atoms with Crippen LogP contribution in [0.3, 0.4) is 0 Å². The summed E-state index contributed by atoms with van der Waals surface area (Å²) >= 11 is 0. The van der Waals surface area contributed by atoms with Crippen molar-refractivity contribution in [3.05, 3.63) is 23.9 Å². The van der Waals surface area contributed by atoms with Crippen molar-refractivity contribution in [1.29, 1.82) is 0 Å². The van der Waals surface area contributed by atoms with E-state index in [2.05, 4.69) is 9.88 Å². The van der Waals surface area contributed by atoms with Gasteiger partial charge >= 0.3 is 5.97 Å². The summed E-state index contributed by atoms with van der Waals surface area (Å²) in [5.41, 5.74) is 1.11. The molecular weight excluding hydrogens is 240 g/mol. The summed E-state index contributed by atoms with van der Waals surface area (Å²) in [6.45, 7) is 4.26. The number of nitrogens with zero attached hydrogens (tertiary/aromatic N) is 2. The van der Waals surface area contributed by atoms with Gasteiger partial charge in [-0.05, 0) is 50.2 Å². The maximum absolute atomic E-state index is 12.0. The molecule has 4 heteroatoms. The Balaban J connectivity index is 1.85. The molecule has 1 aromatic heterocycles. The first-order valence-corrected chi connectivity index (χ1v) is 7.11. The van der Waals surface area contributed by atoms with E-state index in [-0.39, 0.29) is 5.97 Å². The summed E-state index contributed by atoms with van der Waals surface area (Å²) in [5.74, 6) is 0.535. The van der Waals surface area contributed by atoms with Gasteiger partial charge in [0.05, 0.1) is 6.61 Å². The Morgan fingerprint density at radius 1 is 1.47 bits per heavy atom. The highest BCUT2D eigenvalue weighted by molar-refractivity contribution is 5.94. The highest BCUT2D eigenvalue weighted by Crippen LogP contribution is 2.52. The third-order valence-corrected chi connectivity index (χ3v) is 4.20. The topological polar surface area (TPSA) is 42.4 Å².